The summed E-state index contributed by atoms with van der Waals surface area (Å²) < 4.78 is 47.0. The van der Waals surface area contributed by atoms with Crippen LogP contribution in [0.2, 0.25) is 0 Å². The Balaban J connectivity index is 1.86. The van der Waals surface area contributed by atoms with Gasteiger partial charge in [-0.3, -0.25) is 9.52 Å². The molecule has 0 unspecified atom stereocenters. The third-order valence-corrected chi connectivity index (χ3v) is 6.40. The van der Waals surface area contributed by atoms with Crippen LogP contribution in [0.15, 0.2) is 71.6 Å². The number of benzene rings is 3. The van der Waals surface area contributed by atoms with E-state index in [0.29, 0.717) is 5.69 Å². The van der Waals surface area contributed by atoms with Gasteiger partial charge in [0.25, 0.3) is 15.9 Å². The van der Waals surface area contributed by atoms with Crippen molar-refractivity contribution in [1.29, 1.82) is 0 Å². The van der Waals surface area contributed by atoms with Gasteiger partial charge in [0.05, 0.1) is 7.11 Å². The number of carbonyl (C=O) groups is 1. The Morgan fingerprint density at radius 1 is 1.00 bits per heavy atom. The van der Waals surface area contributed by atoms with Gasteiger partial charge in [-0.15, -0.1) is 0 Å². The van der Waals surface area contributed by atoms with Gasteiger partial charge in [-0.25, -0.2) is 12.8 Å². The lowest BCUT2D eigenvalue weighted by molar-refractivity contribution is 0.0785. The van der Waals surface area contributed by atoms with Crippen LogP contribution in [0.4, 0.5) is 10.1 Å². The lowest BCUT2D eigenvalue weighted by atomic mass is 10.1. The first-order valence-corrected chi connectivity index (χ1v) is 11.5. The molecule has 0 spiro atoms. The molecule has 0 atom stereocenters. The number of carbonyl (C=O) groups excluding carboxylic acids is 1. The molecule has 0 heterocycles. The minimum atomic E-state index is -4.01. The zero-order chi connectivity index (χ0) is 23.3. The number of halogens is 1. The van der Waals surface area contributed by atoms with Crippen LogP contribution in [-0.2, 0) is 23.0 Å². The van der Waals surface area contributed by atoms with Crippen LogP contribution < -0.4 is 9.46 Å². The molecular weight excluding hydrogens is 431 g/mol. The van der Waals surface area contributed by atoms with E-state index in [2.05, 4.69) is 4.72 Å². The van der Waals surface area contributed by atoms with Crippen molar-refractivity contribution in [3.05, 3.63) is 89.2 Å². The van der Waals surface area contributed by atoms with E-state index in [4.69, 9.17) is 4.74 Å². The Hall–Kier alpha value is -3.39. The second-order valence-electron chi connectivity index (χ2n) is 7.31. The number of aryl methyl sites for hydroxylation is 1. The molecule has 0 aliphatic heterocycles. The van der Waals surface area contributed by atoms with Gasteiger partial charge in [0.1, 0.15) is 16.5 Å². The Morgan fingerprint density at radius 2 is 1.62 bits per heavy atom. The third kappa shape index (κ3) is 5.45. The van der Waals surface area contributed by atoms with Crippen molar-refractivity contribution in [3.8, 4) is 5.75 Å². The molecule has 6 nitrogen and oxygen atoms in total. The zero-order valence-electron chi connectivity index (χ0n) is 18.1. The van der Waals surface area contributed by atoms with Gasteiger partial charge in [0.15, 0.2) is 0 Å². The first-order valence-electron chi connectivity index (χ1n) is 10.0. The number of nitrogens with zero attached hydrogens (tertiary/aromatic N) is 1. The zero-order valence-corrected chi connectivity index (χ0v) is 18.9. The molecule has 0 saturated carbocycles. The van der Waals surface area contributed by atoms with Crippen LogP contribution in [0.5, 0.6) is 5.75 Å². The molecule has 0 bridgehead atoms. The number of rotatable bonds is 8. The van der Waals surface area contributed by atoms with E-state index in [9.17, 15) is 17.6 Å². The van der Waals surface area contributed by atoms with E-state index in [1.165, 1.54) is 42.3 Å². The van der Waals surface area contributed by atoms with E-state index in [1.807, 2.05) is 19.1 Å². The van der Waals surface area contributed by atoms with Crippen LogP contribution in [0.1, 0.15) is 28.4 Å². The molecule has 3 rings (SSSR count). The van der Waals surface area contributed by atoms with Crippen LogP contribution in [0.25, 0.3) is 0 Å². The maximum atomic E-state index is 13.1. The summed E-state index contributed by atoms with van der Waals surface area (Å²) in [4.78, 5) is 14.2. The van der Waals surface area contributed by atoms with Gasteiger partial charge in [-0.2, -0.15) is 0 Å². The Bertz CT molecular complexity index is 1190. The van der Waals surface area contributed by atoms with E-state index < -0.39 is 10.0 Å². The molecule has 0 saturated heterocycles. The maximum Gasteiger partial charge on any atom is 0.265 e. The SMILES string of the molecule is CCc1ccc(NS(=O)(=O)c2cc(C(=O)N(C)Cc3ccc(F)cc3)ccc2OC)cc1. The van der Waals surface area contributed by atoms with Gasteiger partial charge >= 0.3 is 0 Å². The molecule has 168 valence electrons. The van der Waals surface area contributed by atoms with Crippen LogP contribution in [0, 0.1) is 5.82 Å². The molecule has 32 heavy (non-hydrogen) atoms. The van der Waals surface area contributed by atoms with Crippen molar-refractivity contribution < 1.29 is 22.3 Å². The smallest absolute Gasteiger partial charge is 0.265 e. The van der Waals surface area contributed by atoms with Crippen molar-refractivity contribution in [2.24, 2.45) is 0 Å². The molecule has 0 aromatic heterocycles. The van der Waals surface area contributed by atoms with Gasteiger partial charge in [0.2, 0.25) is 0 Å². The molecule has 3 aromatic rings. The summed E-state index contributed by atoms with van der Waals surface area (Å²) in [5, 5.41) is 0. The highest BCUT2D eigenvalue weighted by molar-refractivity contribution is 7.92. The average Bonchev–Trinajstić information content (AvgIpc) is 2.80. The first kappa shape index (κ1) is 23.3. The summed E-state index contributed by atoms with van der Waals surface area (Å²) >= 11 is 0. The van der Waals surface area contributed by atoms with E-state index in [0.717, 1.165) is 17.5 Å². The van der Waals surface area contributed by atoms with E-state index in [-0.39, 0.29) is 34.5 Å². The summed E-state index contributed by atoms with van der Waals surface area (Å²) in [7, 11) is -1.05. The lowest BCUT2D eigenvalue weighted by Crippen LogP contribution is -2.26. The van der Waals surface area contributed by atoms with Gasteiger partial charge in [0, 0.05) is 24.8 Å². The Labute approximate surface area is 187 Å². The van der Waals surface area contributed by atoms with Crippen LogP contribution in [0.3, 0.4) is 0 Å². The average molecular weight is 457 g/mol. The fourth-order valence-corrected chi connectivity index (χ4v) is 4.45. The number of anilines is 1. The number of amides is 1. The predicted molar refractivity (Wildman–Crippen MR) is 122 cm³/mol. The molecule has 1 amide bonds. The molecule has 1 N–H and O–H groups in total. The molecule has 0 aliphatic rings. The van der Waals surface area contributed by atoms with Crippen molar-refractivity contribution in [2.75, 3.05) is 18.9 Å². The number of ether oxygens (including phenoxy) is 1. The minimum Gasteiger partial charge on any atom is -0.495 e. The summed E-state index contributed by atoms with van der Waals surface area (Å²) in [6.45, 7) is 2.26. The fourth-order valence-electron chi connectivity index (χ4n) is 3.19. The predicted octanol–water partition coefficient (Wildman–Crippen LogP) is 4.47. The number of sulfonamides is 1. The lowest BCUT2D eigenvalue weighted by Gasteiger charge is -2.19. The first-order chi connectivity index (χ1) is 15.2. The maximum absolute atomic E-state index is 13.1. The highest BCUT2D eigenvalue weighted by Gasteiger charge is 2.23. The van der Waals surface area contributed by atoms with Crippen molar-refractivity contribution in [2.45, 2.75) is 24.8 Å². The Morgan fingerprint density at radius 3 is 2.22 bits per heavy atom. The topological polar surface area (TPSA) is 75.7 Å². The summed E-state index contributed by atoms with van der Waals surface area (Å²) in [6.07, 6.45) is 0.844. The number of hydrogen-bond donors (Lipinski definition) is 1. The number of nitrogens with one attached hydrogen (secondary N) is 1. The summed E-state index contributed by atoms with van der Waals surface area (Å²) in [5.41, 5.74) is 2.44. The molecular formula is C24H25FN2O4S. The highest BCUT2D eigenvalue weighted by atomic mass is 32.2. The van der Waals surface area contributed by atoms with Crippen molar-refractivity contribution in [1.82, 2.24) is 4.90 Å². The highest BCUT2D eigenvalue weighted by Crippen LogP contribution is 2.28. The fraction of sp³-hybridized carbons (Fsp3) is 0.208. The largest absolute Gasteiger partial charge is 0.495 e. The van der Waals surface area contributed by atoms with E-state index in [1.54, 1.807) is 31.3 Å². The van der Waals surface area contributed by atoms with Crippen LogP contribution in [-0.4, -0.2) is 33.4 Å². The van der Waals surface area contributed by atoms with Gasteiger partial charge < -0.3 is 9.64 Å². The van der Waals surface area contributed by atoms with Gasteiger partial charge in [-0.1, -0.05) is 31.2 Å². The number of methoxy groups -OCH3 is 1. The summed E-state index contributed by atoms with van der Waals surface area (Å²) in [6, 6.07) is 17.2. The molecule has 8 heteroatoms. The molecule has 0 aliphatic carbocycles. The molecule has 0 fully saturated rings. The Kier molecular flexibility index (Phi) is 7.15. The van der Waals surface area contributed by atoms with Crippen LogP contribution >= 0.6 is 0 Å². The second kappa shape index (κ2) is 9.82. The second-order valence-corrected chi connectivity index (χ2v) is 8.96. The van der Waals surface area contributed by atoms with Crippen molar-refractivity contribution in [3.63, 3.8) is 0 Å². The normalized spacial score (nSPS) is 11.1. The monoisotopic (exact) mass is 456 g/mol. The van der Waals surface area contributed by atoms with Gasteiger partial charge in [-0.05, 0) is 60.0 Å². The summed E-state index contributed by atoms with van der Waals surface area (Å²) in [5.74, 6) is -0.606. The molecule has 3 aromatic carbocycles. The quantitative estimate of drug-likeness (QED) is 0.543. The molecule has 0 radical (unpaired) electrons. The standard InChI is InChI=1S/C24H25FN2O4S/c1-4-17-7-12-21(13-8-17)26-32(29,30)23-15-19(9-14-22(23)31-3)24(28)27(2)16-18-5-10-20(25)11-6-18/h5-15,26H,4,16H2,1-3H3. The number of hydrogen-bond acceptors (Lipinski definition) is 4. The van der Waals surface area contributed by atoms with E-state index >= 15 is 0 Å². The third-order valence-electron chi connectivity index (χ3n) is 4.99. The minimum absolute atomic E-state index is 0.125. The van der Waals surface area contributed by atoms with Crippen molar-refractivity contribution >= 4 is 21.6 Å².